The van der Waals surface area contributed by atoms with Crippen LogP contribution in [0.15, 0.2) is 53.7 Å². The molecule has 0 atom stereocenters. The van der Waals surface area contributed by atoms with E-state index in [-0.39, 0.29) is 5.91 Å². The highest BCUT2D eigenvalue weighted by Crippen LogP contribution is 2.29. The number of carbonyl (C=O) groups is 1. The Hall–Kier alpha value is -2.35. The molecule has 1 aliphatic rings. The molecule has 4 rings (SSSR count). The molecule has 1 fully saturated rings. The molecule has 3 aromatic rings. The number of carbonyl (C=O) groups excluding carboxylic acids is 1. The van der Waals surface area contributed by atoms with Gasteiger partial charge in [0, 0.05) is 35.8 Å². The van der Waals surface area contributed by atoms with Crippen LogP contribution in [0.2, 0.25) is 5.02 Å². The molecule has 6 nitrogen and oxygen atoms in total. The van der Waals surface area contributed by atoms with Crippen molar-refractivity contribution >= 4 is 29.3 Å². The first kappa shape index (κ1) is 24.8. The van der Waals surface area contributed by atoms with Crippen molar-refractivity contribution in [3.63, 3.8) is 0 Å². The number of hydrogen-bond acceptors (Lipinski definition) is 5. The van der Waals surface area contributed by atoms with Gasteiger partial charge in [-0.25, -0.2) is 0 Å². The molecule has 0 spiro atoms. The third-order valence-corrected chi connectivity index (χ3v) is 7.24. The van der Waals surface area contributed by atoms with Gasteiger partial charge in [0.1, 0.15) is 0 Å². The fraction of sp³-hybridized carbons (Fsp3) is 0.423. The molecule has 1 N–H and O–H groups in total. The summed E-state index contributed by atoms with van der Waals surface area (Å²) >= 11 is 7.89. The van der Waals surface area contributed by atoms with Crippen LogP contribution in [0.1, 0.15) is 37.7 Å². The van der Waals surface area contributed by atoms with Gasteiger partial charge in [-0.15, -0.1) is 10.2 Å². The van der Waals surface area contributed by atoms with Crippen molar-refractivity contribution in [3.8, 4) is 17.1 Å². The van der Waals surface area contributed by atoms with Gasteiger partial charge in [0.25, 0.3) is 0 Å². The lowest BCUT2D eigenvalue weighted by molar-refractivity contribution is -0.121. The normalized spacial score (nSPS) is 14.3. The van der Waals surface area contributed by atoms with Gasteiger partial charge < -0.3 is 10.2 Å². The zero-order valence-electron chi connectivity index (χ0n) is 19.7. The Morgan fingerprint density at radius 3 is 2.65 bits per heavy atom. The van der Waals surface area contributed by atoms with Crippen LogP contribution in [0.5, 0.6) is 0 Å². The first-order valence-corrected chi connectivity index (χ1v) is 13.4. The molecule has 0 unspecified atom stereocenters. The predicted octanol–water partition coefficient (Wildman–Crippen LogP) is 5.37. The van der Waals surface area contributed by atoms with Gasteiger partial charge in [-0.3, -0.25) is 9.36 Å². The van der Waals surface area contributed by atoms with Gasteiger partial charge >= 0.3 is 0 Å². The molecule has 8 heteroatoms. The number of halogens is 1. The smallest absolute Gasteiger partial charge is 0.220 e. The van der Waals surface area contributed by atoms with Crippen LogP contribution < -0.4 is 5.32 Å². The number of thioether (sulfide) groups is 1. The first-order valence-electron chi connectivity index (χ1n) is 12.0. The van der Waals surface area contributed by atoms with Crippen LogP contribution in [0.3, 0.4) is 0 Å². The van der Waals surface area contributed by atoms with Gasteiger partial charge in [-0.05, 0) is 57.5 Å². The number of nitrogens with one attached hydrogen (secondary N) is 1. The Morgan fingerprint density at radius 1 is 1.09 bits per heavy atom. The van der Waals surface area contributed by atoms with E-state index < -0.39 is 0 Å². The first-order chi connectivity index (χ1) is 16.6. The Kier molecular flexibility index (Phi) is 9.02. The van der Waals surface area contributed by atoms with E-state index in [1.54, 1.807) is 11.8 Å². The van der Waals surface area contributed by atoms with E-state index in [2.05, 4.69) is 51.6 Å². The topological polar surface area (TPSA) is 63.1 Å². The number of amides is 1. The van der Waals surface area contributed by atoms with Crippen molar-refractivity contribution in [2.45, 2.75) is 44.2 Å². The molecule has 1 amide bonds. The van der Waals surface area contributed by atoms with Gasteiger partial charge in [-0.2, -0.15) is 0 Å². The standard InChI is InChI=1S/C26H32ClN5OS/c1-20-10-12-21(13-11-20)25-29-30-26(32(25)23-8-5-7-22(27)19-23)34-18-6-9-24(33)28-14-17-31-15-3-2-4-16-31/h5,7-8,10-13,19H,2-4,6,9,14-18H2,1H3,(H,28,33). The third-order valence-electron chi connectivity index (χ3n) is 5.99. The maximum absolute atomic E-state index is 12.3. The molecule has 1 saturated heterocycles. The molecule has 2 aromatic carbocycles. The number of aromatic nitrogens is 3. The minimum Gasteiger partial charge on any atom is -0.355 e. The third kappa shape index (κ3) is 6.84. The summed E-state index contributed by atoms with van der Waals surface area (Å²) in [5.74, 6) is 1.68. The number of aryl methyl sites for hydroxylation is 1. The van der Waals surface area contributed by atoms with E-state index in [1.807, 2.05) is 28.8 Å². The van der Waals surface area contributed by atoms with Gasteiger partial charge in [0.15, 0.2) is 11.0 Å². The van der Waals surface area contributed by atoms with Crippen molar-refractivity contribution in [3.05, 3.63) is 59.1 Å². The van der Waals surface area contributed by atoms with Crippen LogP contribution in [-0.4, -0.2) is 57.5 Å². The van der Waals surface area contributed by atoms with Gasteiger partial charge in [0.2, 0.25) is 5.91 Å². The summed E-state index contributed by atoms with van der Waals surface area (Å²) < 4.78 is 2.04. The monoisotopic (exact) mass is 497 g/mol. The lowest BCUT2D eigenvalue weighted by Gasteiger charge is -2.26. The highest BCUT2D eigenvalue weighted by molar-refractivity contribution is 7.99. The zero-order chi connectivity index (χ0) is 23.8. The quantitative estimate of drug-likeness (QED) is 0.301. The van der Waals surface area contributed by atoms with Crippen molar-refractivity contribution in [1.29, 1.82) is 0 Å². The van der Waals surface area contributed by atoms with Crippen LogP contribution in [-0.2, 0) is 4.79 Å². The Balaban J connectivity index is 1.34. The minimum absolute atomic E-state index is 0.120. The molecule has 0 radical (unpaired) electrons. The number of nitrogens with zero attached hydrogens (tertiary/aromatic N) is 4. The van der Waals surface area contributed by atoms with Crippen molar-refractivity contribution in [2.24, 2.45) is 0 Å². The zero-order valence-corrected chi connectivity index (χ0v) is 21.2. The summed E-state index contributed by atoms with van der Waals surface area (Å²) in [7, 11) is 0. The SMILES string of the molecule is Cc1ccc(-c2nnc(SCCCC(=O)NCCN3CCCCC3)n2-c2cccc(Cl)c2)cc1. The second-order valence-electron chi connectivity index (χ2n) is 8.69. The van der Waals surface area contributed by atoms with Crippen LogP contribution in [0, 0.1) is 6.92 Å². The van der Waals surface area contributed by atoms with E-state index >= 15 is 0 Å². The molecule has 0 saturated carbocycles. The van der Waals surface area contributed by atoms with E-state index in [1.165, 1.54) is 24.8 Å². The van der Waals surface area contributed by atoms with E-state index in [4.69, 9.17) is 11.6 Å². The molecule has 34 heavy (non-hydrogen) atoms. The second-order valence-corrected chi connectivity index (χ2v) is 10.2. The average Bonchev–Trinajstić information content (AvgIpc) is 3.27. The van der Waals surface area contributed by atoms with Crippen LogP contribution in [0.25, 0.3) is 17.1 Å². The number of hydrogen-bond donors (Lipinski definition) is 1. The Morgan fingerprint density at radius 2 is 1.88 bits per heavy atom. The van der Waals surface area contributed by atoms with Crippen LogP contribution in [0.4, 0.5) is 0 Å². The summed E-state index contributed by atoms with van der Waals surface area (Å²) in [6.45, 7) is 6.06. The van der Waals surface area contributed by atoms with E-state index in [0.29, 0.717) is 11.4 Å². The Labute approximate surface area is 211 Å². The molecule has 0 bridgehead atoms. The van der Waals surface area contributed by atoms with E-state index in [9.17, 15) is 4.79 Å². The highest BCUT2D eigenvalue weighted by Gasteiger charge is 2.17. The molecule has 180 valence electrons. The Bertz CT molecular complexity index is 1080. The second kappa shape index (κ2) is 12.4. The maximum atomic E-state index is 12.3. The lowest BCUT2D eigenvalue weighted by Crippen LogP contribution is -2.37. The number of piperidine rings is 1. The minimum atomic E-state index is 0.120. The molecule has 1 aromatic heterocycles. The van der Waals surface area contributed by atoms with Crippen molar-refractivity contribution < 1.29 is 4.79 Å². The number of rotatable bonds is 10. The summed E-state index contributed by atoms with van der Waals surface area (Å²) in [6, 6.07) is 16.0. The highest BCUT2D eigenvalue weighted by atomic mass is 35.5. The molecule has 0 aliphatic carbocycles. The average molecular weight is 498 g/mol. The van der Waals surface area contributed by atoms with Gasteiger partial charge in [0.05, 0.1) is 5.69 Å². The van der Waals surface area contributed by atoms with Crippen molar-refractivity contribution in [2.75, 3.05) is 31.9 Å². The summed E-state index contributed by atoms with van der Waals surface area (Å²) in [4.78, 5) is 14.7. The molecule has 1 aliphatic heterocycles. The largest absolute Gasteiger partial charge is 0.355 e. The molecule has 2 heterocycles. The maximum Gasteiger partial charge on any atom is 0.220 e. The number of benzene rings is 2. The molecular formula is C26H32ClN5OS. The van der Waals surface area contributed by atoms with Gasteiger partial charge in [-0.1, -0.05) is 65.7 Å². The number of likely N-dealkylation sites (tertiary alicyclic amines) is 1. The molecular weight excluding hydrogens is 466 g/mol. The summed E-state index contributed by atoms with van der Waals surface area (Å²) in [5, 5.41) is 13.5. The fourth-order valence-corrected chi connectivity index (χ4v) is 5.20. The van der Waals surface area contributed by atoms with E-state index in [0.717, 1.165) is 60.6 Å². The summed E-state index contributed by atoms with van der Waals surface area (Å²) in [5.41, 5.74) is 3.12. The lowest BCUT2D eigenvalue weighted by atomic mass is 10.1. The predicted molar refractivity (Wildman–Crippen MR) is 140 cm³/mol. The fourth-order valence-electron chi connectivity index (χ4n) is 4.12. The van der Waals surface area contributed by atoms with Crippen molar-refractivity contribution in [1.82, 2.24) is 25.0 Å². The summed E-state index contributed by atoms with van der Waals surface area (Å²) in [6.07, 6.45) is 5.18. The van der Waals surface area contributed by atoms with Crippen LogP contribution >= 0.6 is 23.4 Å².